The topological polar surface area (TPSA) is 109 Å². The minimum Gasteiger partial charge on any atom is -0.349 e. The zero-order chi connectivity index (χ0) is 19.6. The predicted octanol–water partition coefficient (Wildman–Crippen LogP) is 1.24. The second-order valence-electron chi connectivity index (χ2n) is 6.38. The number of amides is 5. The van der Waals surface area contributed by atoms with Crippen molar-refractivity contribution in [2.75, 3.05) is 20.3 Å². The van der Waals surface area contributed by atoms with Gasteiger partial charge in [-0.1, -0.05) is 24.3 Å². The molecule has 0 bridgehead atoms. The van der Waals surface area contributed by atoms with Crippen molar-refractivity contribution in [3.63, 3.8) is 0 Å². The van der Waals surface area contributed by atoms with Crippen molar-refractivity contribution in [1.82, 2.24) is 20.9 Å². The Morgan fingerprint density at radius 2 is 1.67 bits per heavy atom. The van der Waals surface area contributed by atoms with Crippen LogP contribution in [0.1, 0.15) is 37.3 Å². The summed E-state index contributed by atoms with van der Waals surface area (Å²) in [5.74, 6) is -1.07. The maximum Gasteiger partial charge on any atom is 0.325 e. The van der Waals surface area contributed by atoms with E-state index in [-0.39, 0.29) is 0 Å². The van der Waals surface area contributed by atoms with E-state index in [1.165, 1.54) is 4.90 Å². The van der Waals surface area contributed by atoms with Crippen LogP contribution in [0.15, 0.2) is 24.3 Å². The molecule has 2 aliphatic heterocycles. The fourth-order valence-corrected chi connectivity index (χ4v) is 3.41. The average Bonchev–Trinajstić information content (AvgIpc) is 2.65. The summed E-state index contributed by atoms with van der Waals surface area (Å²) in [5, 5.41) is 7.75. The van der Waals surface area contributed by atoms with E-state index in [2.05, 4.69) is 16.0 Å². The molecular weight excluding hydrogens is 352 g/mol. The summed E-state index contributed by atoms with van der Waals surface area (Å²) < 4.78 is 11.2. The maximum atomic E-state index is 12.4. The van der Waals surface area contributed by atoms with Crippen LogP contribution in [0.4, 0.5) is 9.59 Å². The normalized spacial score (nSPS) is 25.0. The third-order valence-corrected chi connectivity index (χ3v) is 4.74. The molecule has 0 aliphatic carbocycles. The monoisotopic (exact) mass is 376 g/mol. The van der Waals surface area contributed by atoms with Crippen LogP contribution in [0.25, 0.3) is 0 Å². The Balaban J connectivity index is 1.86. The highest BCUT2D eigenvalue weighted by Gasteiger charge is 2.48. The summed E-state index contributed by atoms with van der Waals surface area (Å²) in [6.45, 7) is 4.82. The second kappa shape index (κ2) is 7.93. The Bertz CT molecular complexity index is 717. The molecule has 0 saturated carbocycles. The van der Waals surface area contributed by atoms with Crippen LogP contribution >= 0.6 is 0 Å². The SMILES string of the molecule is CCOC(OCC)c1ccc(C2NC(=O)NC3C2C(=O)NC(=O)N3C)cc1. The first-order valence-corrected chi connectivity index (χ1v) is 8.94. The van der Waals surface area contributed by atoms with Gasteiger partial charge in [-0.15, -0.1) is 0 Å². The lowest BCUT2D eigenvalue weighted by Crippen LogP contribution is -2.71. The van der Waals surface area contributed by atoms with E-state index in [0.717, 1.165) is 11.1 Å². The van der Waals surface area contributed by atoms with Crippen molar-refractivity contribution in [3.05, 3.63) is 35.4 Å². The summed E-state index contributed by atoms with van der Waals surface area (Å²) in [5.41, 5.74) is 1.60. The largest absolute Gasteiger partial charge is 0.349 e. The molecule has 2 saturated heterocycles. The fourth-order valence-electron chi connectivity index (χ4n) is 3.41. The first kappa shape index (κ1) is 19.1. The lowest BCUT2D eigenvalue weighted by atomic mass is 9.86. The van der Waals surface area contributed by atoms with Gasteiger partial charge < -0.3 is 25.0 Å². The molecule has 146 valence electrons. The van der Waals surface area contributed by atoms with Crippen LogP contribution in [-0.2, 0) is 14.3 Å². The van der Waals surface area contributed by atoms with Crippen LogP contribution in [0.3, 0.4) is 0 Å². The van der Waals surface area contributed by atoms with Gasteiger partial charge in [0.25, 0.3) is 0 Å². The summed E-state index contributed by atoms with van der Waals surface area (Å²) in [4.78, 5) is 37.7. The van der Waals surface area contributed by atoms with Gasteiger partial charge in [0, 0.05) is 25.8 Å². The number of imide groups is 1. The third kappa shape index (κ3) is 3.74. The van der Waals surface area contributed by atoms with Gasteiger partial charge >= 0.3 is 12.1 Å². The van der Waals surface area contributed by atoms with Crippen molar-refractivity contribution < 1.29 is 23.9 Å². The molecule has 3 N–H and O–H groups in total. The van der Waals surface area contributed by atoms with Crippen LogP contribution in [-0.4, -0.2) is 49.3 Å². The molecule has 2 heterocycles. The van der Waals surface area contributed by atoms with Gasteiger partial charge in [0.15, 0.2) is 6.29 Å². The van der Waals surface area contributed by atoms with Crippen molar-refractivity contribution >= 4 is 18.0 Å². The Morgan fingerprint density at radius 3 is 2.26 bits per heavy atom. The number of fused-ring (bicyclic) bond motifs is 1. The number of nitrogens with zero attached hydrogens (tertiary/aromatic N) is 1. The standard InChI is InChI=1S/C18H24N4O5/c1-4-26-16(27-5-2)11-8-6-10(7-9-11)13-12-14(20-17(24)19-13)22(3)18(25)21-15(12)23/h6-9,12-14,16H,4-5H2,1-3H3,(H2,19,20,24)(H,21,23,25). The molecule has 0 radical (unpaired) electrons. The highest BCUT2D eigenvalue weighted by atomic mass is 16.7. The second-order valence-corrected chi connectivity index (χ2v) is 6.38. The minimum atomic E-state index is -0.704. The van der Waals surface area contributed by atoms with E-state index in [1.54, 1.807) is 7.05 Å². The molecule has 9 heteroatoms. The molecule has 1 aromatic carbocycles. The predicted molar refractivity (Wildman–Crippen MR) is 95.4 cm³/mol. The summed E-state index contributed by atoms with van der Waals surface area (Å²) in [6, 6.07) is 5.84. The Hall–Kier alpha value is -2.65. The molecule has 0 spiro atoms. The van der Waals surface area contributed by atoms with Gasteiger partial charge in [0.1, 0.15) is 12.1 Å². The number of hydrogen-bond acceptors (Lipinski definition) is 5. The van der Waals surface area contributed by atoms with Gasteiger partial charge in [0.2, 0.25) is 5.91 Å². The quantitative estimate of drug-likeness (QED) is 0.647. The Morgan fingerprint density at radius 1 is 1.04 bits per heavy atom. The Kier molecular flexibility index (Phi) is 5.62. The molecule has 9 nitrogen and oxygen atoms in total. The summed E-state index contributed by atoms with van der Waals surface area (Å²) in [6.07, 6.45) is -1.17. The molecule has 3 atom stereocenters. The number of nitrogens with one attached hydrogen (secondary N) is 3. The molecule has 2 aliphatic rings. The molecule has 2 fully saturated rings. The van der Waals surface area contributed by atoms with Gasteiger partial charge in [-0.05, 0) is 19.4 Å². The zero-order valence-corrected chi connectivity index (χ0v) is 15.5. The van der Waals surface area contributed by atoms with Crippen molar-refractivity contribution in [2.24, 2.45) is 5.92 Å². The van der Waals surface area contributed by atoms with E-state index >= 15 is 0 Å². The number of hydrogen-bond donors (Lipinski definition) is 3. The molecule has 0 aromatic heterocycles. The average molecular weight is 376 g/mol. The molecular formula is C18H24N4O5. The van der Waals surface area contributed by atoms with E-state index in [1.807, 2.05) is 38.1 Å². The van der Waals surface area contributed by atoms with Crippen molar-refractivity contribution in [2.45, 2.75) is 32.3 Å². The lowest BCUT2D eigenvalue weighted by Gasteiger charge is -2.45. The number of benzene rings is 1. The van der Waals surface area contributed by atoms with E-state index < -0.39 is 42.4 Å². The van der Waals surface area contributed by atoms with E-state index in [4.69, 9.17) is 9.47 Å². The first-order chi connectivity index (χ1) is 13.0. The first-order valence-electron chi connectivity index (χ1n) is 8.94. The smallest absolute Gasteiger partial charge is 0.325 e. The number of ether oxygens (including phenoxy) is 2. The van der Waals surface area contributed by atoms with Crippen molar-refractivity contribution in [1.29, 1.82) is 0 Å². The number of carbonyl (C=O) groups is 3. The van der Waals surface area contributed by atoms with Crippen LogP contribution < -0.4 is 16.0 Å². The molecule has 5 amide bonds. The highest BCUT2D eigenvalue weighted by molar-refractivity contribution is 6.00. The van der Waals surface area contributed by atoms with Gasteiger partial charge in [-0.2, -0.15) is 0 Å². The maximum absolute atomic E-state index is 12.4. The van der Waals surface area contributed by atoms with Crippen LogP contribution in [0.5, 0.6) is 0 Å². The highest BCUT2D eigenvalue weighted by Crippen LogP contribution is 2.32. The minimum absolute atomic E-state index is 0.425. The zero-order valence-electron chi connectivity index (χ0n) is 15.5. The van der Waals surface area contributed by atoms with E-state index in [9.17, 15) is 14.4 Å². The summed E-state index contributed by atoms with van der Waals surface area (Å²) in [7, 11) is 1.54. The number of carbonyl (C=O) groups excluding carboxylic acids is 3. The molecule has 3 unspecified atom stereocenters. The summed E-state index contributed by atoms with van der Waals surface area (Å²) >= 11 is 0. The van der Waals surface area contributed by atoms with E-state index in [0.29, 0.717) is 13.2 Å². The Labute approximate surface area is 157 Å². The molecule has 3 rings (SSSR count). The van der Waals surface area contributed by atoms with Gasteiger partial charge in [-0.25, -0.2) is 9.59 Å². The van der Waals surface area contributed by atoms with Gasteiger partial charge in [-0.3, -0.25) is 10.1 Å². The fraction of sp³-hybridized carbons (Fsp3) is 0.500. The number of urea groups is 2. The van der Waals surface area contributed by atoms with Crippen LogP contribution in [0.2, 0.25) is 0 Å². The lowest BCUT2D eigenvalue weighted by molar-refractivity contribution is -0.140. The third-order valence-electron chi connectivity index (χ3n) is 4.74. The van der Waals surface area contributed by atoms with Crippen LogP contribution in [0, 0.1) is 5.92 Å². The molecule has 27 heavy (non-hydrogen) atoms. The molecule has 1 aromatic rings. The van der Waals surface area contributed by atoms with Crippen molar-refractivity contribution in [3.8, 4) is 0 Å². The number of rotatable bonds is 6. The van der Waals surface area contributed by atoms with Gasteiger partial charge in [0.05, 0.1) is 6.04 Å².